The molecule has 2 aromatic carbocycles. The number of hydrogen-bond acceptors (Lipinski definition) is 7. The van der Waals surface area contributed by atoms with Crippen molar-refractivity contribution in [2.45, 2.75) is 19.3 Å². The number of oxazole rings is 1. The number of nitrogens with one attached hydrogen (secondary N) is 1. The highest BCUT2D eigenvalue weighted by atomic mass is 32.1. The van der Waals surface area contributed by atoms with E-state index in [2.05, 4.69) is 15.3 Å². The predicted octanol–water partition coefficient (Wildman–Crippen LogP) is 5.52. The number of amides is 1. The van der Waals surface area contributed by atoms with E-state index >= 15 is 0 Å². The Kier molecular flexibility index (Phi) is 6.10. The minimum absolute atomic E-state index is 0.00640. The molecular weight excluding hydrogens is 493 g/mol. The molecule has 0 aliphatic rings. The van der Waals surface area contributed by atoms with Gasteiger partial charge in [-0.25, -0.2) is 9.97 Å². The summed E-state index contributed by atoms with van der Waals surface area (Å²) in [5.74, 6) is -0.121. The molecule has 0 unspecified atom stereocenters. The number of methoxy groups -OCH3 is 1. The fourth-order valence-corrected chi connectivity index (χ4v) is 4.86. The SMILES string of the molecule is COc1ccc(-c2nc(C(=O)NCc3cc4ccccc4s3)c(CN)o2)c2ccc(C(F)(F)F)nc12. The Morgan fingerprint density at radius 2 is 1.94 bits per heavy atom. The summed E-state index contributed by atoms with van der Waals surface area (Å²) in [5.41, 5.74) is 5.10. The van der Waals surface area contributed by atoms with Gasteiger partial charge >= 0.3 is 6.18 Å². The van der Waals surface area contributed by atoms with Crippen LogP contribution in [-0.4, -0.2) is 23.0 Å². The Morgan fingerprint density at radius 3 is 2.67 bits per heavy atom. The third-order valence-electron chi connectivity index (χ3n) is 5.56. The zero-order chi connectivity index (χ0) is 25.4. The maximum atomic E-state index is 13.2. The van der Waals surface area contributed by atoms with Gasteiger partial charge in [0.2, 0.25) is 5.89 Å². The number of nitrogens with zero attached hydrogens (tertiary/aromatic N) is 2. The van der Waals surface area contributed by atoms with Gasteiger partial charge < -0.3 is 20.2 Å². The number of fused-ring (bicyclic) bond motifs is 2. The molecule has 0 saturated heterocycles. The average molecular weight is 513 g/mol. The van der Waals surface area contributed by atoms with Gasteiger partial charge in [0, 0.05) is 20.5 Å². The molecule has 184 valence electrons. The molecule has 7 nitrogen and oxygen atoms in total. The van der Waals surface area contributed by atoms with Gasteiger partial charge in [-0.3, -0.25) is 4.79 Å². The molecule has 0 atom stereocenters. The topological polar surface area (TPSA) is 103 Å². The highest BCUT2D eigenvalue weighted by Crippen LogP contribution is 2.37. The van der Waals surface area contributed by atoms with Crippen molar-refractivity contribution >= 4 is 38.2 Å². The van der Waals surface area contributed by atoms with Gasteiger partial charge in [-0.1, -0.05) is 18.2 Å². The van der Waals surface area contributed by atoms with E-state index in [9.17, 15) is 18.0 Å². The molecule has 0 aliphatic carbocycles. The van der Waals surface area contributed by atoms with Crippen LogP contribution in [0, 0.1) is 0 Å². The molecule has 5 rings (SSSR count). The van der Waals surface area contributed by atoms with E-state index < -0.39 is 17.8 Å². The number of hydrogen-bond donors (Lipinski definition) is 2. The molecule has 0 bridgehead atoms. The minimum Gasteiger partial charge on any atom is -0.494 e. The molecule has 3 N–H and O–H groups in total. The van der Waals surface area contributed by atoms with Crippen LogP contribution in [0.2, 0.25) is 0 Å². The summed E-state index contributed by atoms with van der Waals surface area (Å²) in [5, 5.41) is 4.24. The Balaban J connectivity index is 1.47. The van der Waals surface area contributed by atoms with Gasteiger partial charge in [0.1, 0.15) is 17.0 Å². The van der Waals surface area contributed by atoms with Crippen LogP contribution < -0.4 is 15.8 Å². The molecule has 0 aliphatic heterocycles. The van der Waals surface area contributed by atoms with Gasteiger partial charge in [-0.05, 0) is 41.8 Å². The number of carbonyl (C=O) groups is 1. The Bertz CT molecular complexity index is 1560. The third-order valence-corrected chi connectivity index (χ3v) is 6.67. The molecule has 0 saturated carbocycles. The highest BCUT2D eigenvalue weighted by molar-refractivity contribution is 7.19. The monoisotopic (exact) mass is 512 g/mol. The van der Waals surface area contributed by atoms with Crippen LogP contribution in [0.1, 0.15) is 26.8 Å². The van der Waals surface area contributed by atoms with Gasteiger partial charge in [0.25, 0.3) is 5.91 Å². The lowest BCUT2D eigenvalue weighted by Gasteiger charge is -2.11. The number of nitrogens with two attached hydrogens (primary N) is 1. The third kappa shape index (κ3) is 4.38. The summed E-state index contributed by atoms with van der Waals surface area (Å²) < 4.78 is 51.8. The van der Waals surface area contributed by atoms with Crippen molar-refractivity contribution in [3.8, 4) is 17.2 Å². The van der Waals surface area contributed by atoms with Crippen molar-refractivity contribution in [2.24, 2.45) is 5.73 Å². The number of carbonyl (C=O) groups excluding carboxylic acids is 1. The molecule has 1 amide bonds. The predicted molar refractivity (Wildman–Crippen MR) is 130 cm³/mol. The average Bonchev–Trinajstić information content (AvgIpc) is 3.49. The molecule has 0 radical (unpaired) electrons. The van der Waals surface area contributed by atoms with E-state index in [1.165, 1.54) is 19.2 Å². The maximum Gasteiger partial charge on any atom is 0.433 e. The zero-order valence-electron chi connectivity index (χ0n) is 18.8. The minimum atomic E-state index is -4.62. The van der Waals surface area contributed by atoms with Crippen LogP contribution >= 0.6 is 11.3 Å². The van der Waals surface area contributed by atoms with Crippen molar-refractivity contribution in [1.82, 2.24) is 15.3 Å². The summed E-state index contributed by atoms with van der Waals surface area (Å²) >= 11 is 1.57. The Labute approximate surface area is 206 Å². The maximum absolute atomic E-state index is 13.2. The summed E-state index contributed by atoms with van der Waals surface area (Å²) in [4.78, 5) is 22.0. The first-order valence-corrected chi connectivity index (χ1v) is 11.6. The van der Waals surface area contributed by atoms with Crippen molar-refractivity contribution in [2.75, 3.05) is 7.11 Å². The second-order valence-electron chi connectivity index (χ2n) is 7.83. The van der Waals surface area contributed by atoms with Crippen molar-refractivity contribution in [3.63, 3.8) is 0 Å². The number of rotatable bonds is 6. The highest BCUT2D eigenvalue weighted by Gasteiger charge is 2.33. The number of halogens is 3. The Hall–Kier alpha value is -3.96. The first-order valence-electron chi connectivity index (χ1n) is 10.8. The van der Waals surface area contributed by atoms with Crippen LogP contribution in [0.5, 0.6) is 5.75 Å². The van der Waals surface area contributed by atoms with Crippen molar-refractivity contribution in [3.05, 3.63) is 76.6 Å². The normalized spacial score (nSPS) is 11.8. The number of ether oxygens (including phenoxy) is 1. The molecule has 5 aromatic rings. The lowest BCUT2D eigenvalue weighted by molar-refractivity contribution is -0.140. The first kappa shape index (κ1) is 23.8. The Morgan fingerprint density at radius 1 is 1.14 bits per heavy atom. The number of pyridine rings is 1. The fraction of sp³-hybridized carbons (Fsp3) is 0.160. The lowest BCUT2D eigenvalue weighted by Crippen LogP contribution is -2.24. The number of aromatic nitrogens is 2. The van der Waals surface area contributed by atoms with Crippen LogP contribution in [0.25, 0.3) is 32.4 Å². The van der Waals surface area contributed by atoms with E-state index in [0.29, 0.717) is 17.5 Å². The second-order valence-corrected chi connectivity index (χ2v) is 9.00. The molecule has 3 aromatic heterocycles. The largest absolute Gasteiger partial charge is 0.494 e. The fourth-order valence-electron chi connectivity index (χ4n) is 3.86. The van der Waals surface area contributed by atoms with E-state index in [1.54, 1.807) is 17.4 Å². The van der Waals surface area contributed by atoms with Gasteiger partial charge in [-0.2, -0.15) is 13.2 Å². The van der Waals surface area contributed by atoms with Crippen molar-refractivity contribution < 1.29 is 27.1 Å². The van der Waals surface area contributed by atoms with Crippen molar-refractivity contribution in [1.29, 1.82) is 0 Å². The second kappa shape index (κ2) is 9.25. The zero-order valence-corrected chi connectivity index (χ0v) is 19.7. The molecular formula is C25H19F3N4O3S. The molecule has 3 heterocycles. The first-order chi connectivity index (χ1) is 17.3. The van der Waals surface area contributed by atoms with E-state index in [-0.39, 0.29) is 35.2 Å². The van der Waals surface area contributed by atoms with E-state index in [4.69, 9.17) is 14.9 Å². The van der Waals surface area contributed by atoms with Crippen LogP contribution in [0.3, 0.4) is 0 Å². The summed E-state index contributed by atoms with van der Waals surface area (Å²) in [6.45, 7) is 0.198. The summed E-state index contributed by atoms with van der Waals surface area (Å²) in [6, 6.07) is 15.1. The summed E-state index contributed by atoms with van der Waals surface area (Å²) in [6.07, 6.45) is -4.62. The van der Waals surface area contributed by atoms with E-state index in [0.717, 1.165) is 21.0 Å². The van der Waals surface area contributed by atoms with Crippen LogP contribution in [0.15, 0.2) is 59.0 Å². The quantitative estimate of drug-likeness (QED) is 0.311. The molecule has 36 heavy (non-hydrogen) atoms. The molecule has 0 fully saturated rings. The van der Waals surface area contributed by atoms with Gasteiger partial charge in [0.05, 0.1) is 20.2 Å². The smallest absolute Gasteiger partial charge is 0.433 e. The van der Waals surface area contributed by atoms with E-state index in [1.807, 2.05) is 30.3 Å². The van der Waals surface area contributed by atoms with Crippen LogP contribution in [-0.2, 0) is 19.3 Å². The van der Waals surface area contributed by atoms with Gasteiger partial charge in [-0.15, -0.1) is 11.3 Å². The standard InChI is InChI=1S/C25H19F3N4O3S/c1-34-17-8-6-16(15-7-9-20(25(26,27)28)31-21(15)17)24-32-22(18(11-29)35-24)23(33)30-12-14-10-13-4-2-3-5-19(13)36-14/h2-10H,11-12,29H2,1H3,(H,30,33). The van der Waals surface area contributed by atoms with Gasteiger partial charge in [0.15, 0.2) is 11.5 Å². The number of thiophene rings is 1. The summed E-state index contributed by atoms with van der Waals surface area (Å²) in [7, 11) is 1.34. The van der Waals surface area contributed by atoms with Crippen LogP contribution in [0.4, 0.5) is 13.2 Å². The lowest BCUT2D eigenvalue weighted by atomic mass is 10.1. The number of alkyl halides is 3. The number of benzene rings is 2. The molecule has 11 heteroatoms. The molecule has 0 spiro atoms.